The second-order valence-electron chi connectivity index (χ2n) is 5.18. The first kappa shape index (κ1) is 19.6. The molecule has 0 saturated carbocycles. The average molecular weight is 381 g/mol. The predicted octanol–water partition coefficient (Wildman–Crippen LogP) is 5.33. The minimum absolute atomic E-state index is 0.403. The van der Waals surface area contributed by atoms with E-state index in [-0.39, 0.29) is 0 Å². The van der Waals surface area contributed by atoms with Crippen LogP contribution in [0.1, 0.15) is 20.8 Å². The van der Waals surface area contributed by atoms with E-state index < -0.39 is 9.71 Å². The van der Waals surface area contributed by atoms with Crippen molar-refractivity contribution in [1.82, 2.24) is 0 Å². The minimum atomic E-state index is -2.63. The van der Waals surface area contributed by atoms with Crippen molar-refractivity contribution in [3.8, 4) is 0 Å². The lowest BCUT2D eigenvalue weighted by atomic mass is 10.2. The van der Waals surface area contributed by atoms with Crippen molar-refractivity contribution in [3.63, 3.8) is 0 Å². The molecule has 1 rings (SSSR count). The highest BCUT2D eigenvalue weighted by Gasteiger charge is 2.14. The van der Waals surface area contributed by atoms with Gasteiger partial charge in [0.2, 0.25) is 0 Å². The van der Waals surface area contributed by atoms with Gasteiger partial charge in [-0.2, -0.15) is 0 Å². The summed E-state index contributed by atoms with van der Waals surface area (Å²) in [5, 5.41) is 4.15. The Balaban J connectivity index is 3.20. The van der Waals surface area contributed by atoms with E-state index in [1.165, 1.54) is 11.8 Å². The van der Waals surface area contributed by atoms with Crippen LogP contribution in [0.4, 0.5) is 11.4 Å². The van der Waals surface area contributed by atoms with Crippen LogP contribution in [-0.2, 0) is 9.71 Å². The average Bonchev–Trinajstić information content (AvgIpc) is 2.41. The lowest BCUT2D eigenvalue weighted by molar-refractivity contribution is 0.688. The van der Waals surface area contributed by atoms with Gasteiger partial charge in [-0.3, -0.25) is 0 Å². The molecule has 0 aliphatic rings. The van der Waals surface area contributed by atoms with Crippen molar-refractivity contribution in [2.45, 2.75) is 20.8 Å². The Hall–Kier alpha value is -0.490. The Bertz CT molecular complexity index is 656. The van der Waals surface area contributed by atoms with Gasteiger partial charge < -0.3 is 10.0 Å². The van der Waals surface area contributed by atoms with E-state index in [0.29, 0.717) is 25.9 Å². The number of hydrogen-bond donors (Lipinski definition) is 2. The predicted molar refractivity (Wildman–Crippen MR) is 106 cm³/mol. The van der Waals surface area contributed by atoms with Crippen LogP contribution in [0.5, 0.6) is 0 Å². The highest BCUT2D eigenvalue weighted by molar-refractivity contribution is 8.22. The number of allylic oxidation sites excluding steroid dienone is 1. The molecule has 0 bridgehead atoms. The first-order valence-corrected chi connectivity index (χ1v) is 10.5. The van der Waals surface area contributed by atoms with Crippen molar-refractivity contribution >= 4 is 61.9 Å². The summed E-state index contributed by atoms with van der Waals surface area (Å²) >= 11 is 13.6. The molecule has 0 aliphatic heterocycles. The maximum absolute atomic E-state index is 12.8. The van der Waals surface area contributed by atoms with Crippen LogP contribution in [0.3, 0.4) is 0 Å². The molecule has 22 heavy (non-hydrogen) atoms. The standard InChI is InChI=1S/C15H22Cl2N2OS2/c1-6-15(21-4)22(5,20)19-14-8-12(17)11(16)7-13(14)18-9-10(2)3/h6-8,10,18H,5,9H2,1-4H3,(H,19,20)/b15-6+. The van der Waals surface area contributed by atoms with Crippen molar-refractivity contribution in [2.24, 2.45) is 5.92 Å². The molecule has 0 aromatic heterocycles. The van der Waals surface area contributed by atoms with Gasteiger partial charge in [0.1, 0.15) is 0 Å². The molecule has 0 spiro atoms. The number of hydrogen-bond acceptors (Lipinski definition) is 3. The van der Waals surface area contributed by atoms with Crippen molar-refractivity contribution in [1.29, 1.82) is 0 Å². The monoisotopic (exact) mass is 380 g/mol. The van der Waals surface area contributed by atoms with Crippen LogP contribution in [0.2, 0.25) is 10.0 Å². The molecule has 1 unspecified atom stereocenters. The fourth-order valence-electron chi connectivity index (χ4n) is 1.76. The molecule has 0 radical (unpaired) electrons. The van der Waals surface area contributed by atoms with E-state index in [0.717, 1.165) is 12.2 Å². The smallest absolute Gasteiger partial charge is 0.0796 e. The van der Waals surface area contributed by atoms with E-state index in [1.54, 1.807) is 18.2 Å². The molecule has 1 atom stereocenters. The Morgan fingerprint density at radius 3 is 2.36 bits per heavy atom. The molecule has 7 heteroatoms. The molecular formula is C15H22Cl2N2OS2. The van der Waals surface area contributed by atoms with Gasteiger partial charge in [0, 0.05) is 6.54 Å². The number of halogens is 2. The van der Waals surface area contributed by atoms with Gasteiger partial charge in [-0.05, 0) is 37.1 Å². The summed E-state index contributed by atoms with van der Waals surface area (Å²) < 4.78 is 16.5. The number of thioether (sulfide) groups is 1. The van der Waals surface area contributed by atoms with Gasteiger partial charge in [-0.15, -0.1) is 11.8 Å². The van der Waals surface area contributed by atoms with E-state index in [2.05, 4.69) is 29.8 Å². The first-order chi connectivity index (χ1) is 10.2. The van der Waals surface area contributed by atoms with Gasteiger partial charge >= 0.3 is 0 Å². The molecule has 0 amide bonds. The van der Waals surface area contributed by atoms with Crippen LogP contribution in [0.15, 0.2) is 22.4 Å². The number of anilines is 2. The Kier molecular flexibility index (Phi) is 7.46. The van der Waals surface area contributed by atoms with Crippen LogP contribution in [0, 0.1) is 5.92 Å². The van der Waals surface area contributed by atoms with Crippen molar-refractivity contribution in [3.05, 3.63) is 32.5 Å². The Morgan fingerprint density at radius 1 is 1.36 bits per heavy atom. The summed E-state index contributed by atoms with van der Waals surface area (Å²) in [6, 6.07) is 3.41. The van der Waals surface area contributed by atoms with Crippen LogP contribution < -0.4 is 10.0 Å². The van der Waals surface area contributed by atoms with Crippen molar-refractivity contribution in [2.75, 3.05) is 22.8 Å². The zero-order chi connectivity index (χ0) is 16.9. The lowest BCUT2D eigenvalue weighted by Crippen LogP contribution is -2.16. The van der Waals surface area contributed by atoms with E-state index >= 15 is 0 Å². The van der Waals surface area contributed by atoms with Gasteiger partial charge in [-0.1, -0.05) is 43.1 Å². The third kappa shape index (κ3) is 5.30. The van der Waals surface area contributed by atoms with Crippen molar-refractivity contribution < 1.29 is 4.21 Å². The summed E-state index contributed by atoms with van der Waals surface area (Å²) in [5.41, 5.74) is 1.39. The fourth-order valence-corrected chi connectivity index (χ4v) is 4.53. The molecule has 1 aromatic rings. The molecule has 0 heterocycles. The largest absolute Gasteiger partial charge is 0.383 e. The molecule has 0 aliphatic carbocycles. The third-order valence-electron chi connectivity index (χ3n) is 2.80. The molecule has 1 aromatic carbocycles. The topological polar surface area (TPSA) is 41.1 Å². The molecule has 3 nitrogen and oxygen atoms in total. The SMILES string of the molecule is C=S(=O)(Nc1cc(Cl)c(Cl)cc1NCC(C)C)/C(=C/C)SC. The Labute approximate surface area is 148 Å². The quantitative estimate of drug-likeness (QED) is 0.628. The fraction of sp³-hybridized carbons (Fsp3) is 0.400. The third-order valence-corrected chi connectivity index (χ3v) is 6.90. The summed E-state index contributed by atoms with van der Waals surface area (Å²) in [5.74, 6) is 4.28. The Morgan fingerprint density at radius 2 is 1.91 bits per heavy atom. The lowest BCUT2D eigenvalue weighted by Gasteiger charge is -2.19. The zero-order valence-electron chi connectivity index (χ0n) is 13.2. The summed E-state index contributed by atoms with van der Waals surface area (Å²) in [6.45, 7) is 6.82. The van der Waals surface area contributed by atoms with Gasteiger partial charge in [0.05, 0.1) is 35.4 Å². The van der Waals surface area contributed by atoms with Gasteiger partial charge in [0.25, 0.3) is 0 Å². The van der Waals surface area contributed by atoms with Crippen LogP contribution in [-0.4, -0.2) is 22.9 Å². The second-order valence-corrected chi connectivity index (χ2v) is 9.09. The van der Waals surface area contributed by atoms with Crippen LogP contribution in [0.25, 0.3) is 0 Å². The normalized spacial score (nSPS) is 14.8. The molecule has 0 saturated heterocycles. The van der Waals surface area contributed by atoms with E-state index in [4.69, 9.17) is 23.2 Å². The number of nitrogens with one attached hydrogen (secondary N) is 2. The number of rotatable bonds is 7. The van der Waals surface area contributed by atoms with Crippen LogP contribution >= 0.6 is 35.0 Å². The maximum Gasteiger partial charge on any atom is 0.0796 e. The van der Waals surface area contributed by atoms with E-state index in [9.17, 15) is 4.21 Å². The zero-order valence-corrected chi connectivity index (χ0v) is 16.3. The summed E-state index contributed by atoms with van der Waals surface area (Å²) in [4.78, 5) is 0. The molecule has 124 valence electrons. The number of benzene rings is 1. The highest BCUT2D eigenvalue weighted by atomic mass is 35.5. The minimum Gasteiger partial charge on any atom is -0.383 e. The molecular weight excluding hydrogens is 359 g/mol. The van der Waals surface area contributed by atoms with E-state index in [1.807, 2.05) is 13.2 Å². The second kappa shape index (κ2) is 8.39. The summed E-state index contributed by atoms with van der Waals surface area (Å²) in [6.07, 6.45) is 3.67. The maximum atomic E-state index is 12.8. The van der Waals surface area contributed by atoms with Gasteiger partial charge in [0.15, 0.2) is 0 Å². The summed E-state index contributed by atoms with van der Waals surface area (Å²) in [7, 11) is -2.63. The molecule has 2 N–H and O–H groups in total. The highest BCUT2D eigenvalue weighted by Crippen LogP contribution is 2.34. The first-order valence-electron chi connectivity index (χ1n) is 6.79. The van der Waals surface area contributed by atoms with Gasteiger partial charge in [-0.25, -0.2) is 4.21 Å². The molecule has 0 fully saturated rings.